The van der Waals surface area contributed by atoms with Gasteiger partial charge in [0.2, 0.25) is 5.88 Å². The fraction of sp³-hybridized carbons (Fsp3) is 0.526. The van der Waals surface area contributed by atoms with Gasteiger partial charge in [-0.15, -0.1) is 11.3 Å². The van der Waals surface area contributed by atoms with E-state index in [1.807, 2.05) is 51.0 Å². The first kappa shape index (κ1) is 21.1. The summed E-state index contributed by atoms with van der Waals surface area (Å²) in [4.78, 5) is 15.4. The second-order valence-electron chi connectivity index (χ2n) is 6.48. The smallest absolute Gasteiger partial charge is 0.213 e. The Morgan fingerprint density at radius 1 is 1.33 bits per heavy atom. The molecule has 0 aliphatic heterocycles. The summed E-state index contributed by atoms with van der Waals surface area (Å²) in [7, 11) is 5.46. The Labute approximate surface area is 165 Å². The molecular weight excluding hydrogens is 362 g/mol. The predicted octanol–water partition coefficient (Wildman–Crippen LogP) is 3.24. The summed E-state index contributed by atoms with van der Waals surface area (Å²) in [6.45, 7) is 7.27. The standard InChI is InChI=1S/C19H29N5O2S/c1-13(2)26-17-8-7-15(9-21-17)10-22-19(20-4)24(5)11-16-12-27-18(23-16)14(3)25-6/h7-9,12-14H,10-11H2,1-6H3,(H,20,22). The van der Waals surface area contributed by atoms with Crippen LogP contribution < -0.4 is 10.1 Å². The van der Waals surface area contributed by atoms with Gasteiger partial charge >= 0.3 is 0 Å². The van der Waals surface area contributed by atoms with Crippen molar-refractivity contribution in [2.24, 2.45) is 4.99 Å². The van der Waals surface area contributed by atoms with Gasteiger partial charge < -0.3 is 19.7 Å². The molecule has 148 valence electrons. The minimum Gasteiger partial charge on any atom is -0.475 e. The molecule has 1 atom stereocenters. The van der Waals surface area contributed by atoms with Crippen LogP contribution in [0.3, 0.4) is 0 Å². The van der Waals surface area contributed by atoms with Crippen LogP contribution in [0.25, 0.3) is 0 Å². The lowest BCUT2D eigenvalue weighted by atomic mass is 10.3. The number of thiazole rings is 1. The van der Waals surface area contributed by atoms with Crippen LogP contribution in [0, 0.1) is 0 Å². The van der Waals surface area contributed by atoms with Crippen LogP contribution in [0.2, 0.25) is 0 Å². The van der Waals surface area contributed by atoms with Crippen molar-refractivity contribution in [3.05, 3.63) is 40.0 Å². The highest BCUT2D eigenvalue weighted by atomic mass is 32.1. The number of hydrogen-bond acceptors (Lipinski definition) is 6. The number of guanidine groups is 1. The molecule has 1 unspecified atom stereocenters. The number of ether oxygens (including phenoxy) is 2. The van der Waals surface area contributed by atoms with Gasteiger partial charge in [0.25, 0.3) is 0 Å². The van der Waals surface area contributed by atoms with Crippen LogP contribution in [0.1, 0.15) is 43.1 Å². The summed E-state index contributed by atoms with van der Waals surface area (Å²) in [6.07, 6.45) is 1.95. The summed E-state index contributed by atoms with van der Waals surface area (Å²) in [5.74, 6) is 1.44. The van der Waals surface area contributed by atoms with Crippen molar-refractivity contribution in [2.45, 2.75) is 46.1 Å². The van der Waals surface area contributed by atoms with Gasteiger partial charge in [-0.05, 0) is 26.3 Å². The molecule has 0 saturated heterocycles. The van der Waals surface area contributed by atoms with E-state index in [9.17, 15) is 0 Å². The molecule has 2 aromatic rings. The van der Waals surface area contributed by atoms with Gasteiger partial charge in [-0.2, -0.15) is 0 Å². The fourth-order valence-corrected chi connectivity index (χ4v) is 3.24. The van der Waals surface area contributed by atoms with E-state index in [0.717, 1.165) is 22.2 Å². The van der Waals surface area contributed by atoms with Crippen LogP contribution >= 0.6 is 11.3 Å². The lowest BCUT2D eigenvalue weighted by Gasteiger charge is -2.21. The first-order valence-corrected chi connectivity index (χ1v) is 9.81. The van der Waals surface area contributed by atoms with Crippen LogP contribution in [0.15, 0.2) is 28.7 Å². The van der Waals surface area contributed by atoms with E-state index >= 15 is 0 Å². The van der Waals surface area contributed by atoms with Crippen molar-refractivity contribution < 1.29 is 9.47 Å². The Kier molecular flexibility index (Phi) is 7.99. The van der Waals surface area contributed by atoms with E-state index in [1.165, 1.54) is 0 Å². The average molecular weight is 392 g/mol. The molecule has 2 rings (SSSR count). The van der Waals surface area contributed by atoms with Crippen LogP contribution in [-0.2, 0) is 17.8 Å². The Morgan fingerprint density at radius 2 is 2.11 bits per heavy atom. The van der Waals surface area contributed by atoms with E-state index in [-0.39, 0.29) is 12.2 Å². The Bertz CT molecular complexity index is 730. The second-order valence-corrected chi connectivity index (χ2v) is 7.37. The number of methoxy groups -OCH3 is 1. The molecule has 1 N–H and O–H groups in total. The molecule has 2 heterocycles. The Balaban J connectivity index is 1.89. The number of aliphatic imine (C=N–C) groups is 1. The van der Waals surface area contributed by atoms with E-state index in [0.29, 0.717) is 19.0 Å². The number of pyridine rings is 1. The zero-order valence-corrected chi connectivity index (χ0v) is 17.7. The van der Waals surface area contributed by atoms with Gasteiger partial charge in [0, 0.05) is 45.4 Å². The van der Waals surface area contributed by atoms with Crippen molar-refractivity contribution in [1.82, 2.24) is 20.2 Å². The van der Waals surface area contributed by atoms with E-state index < -0.39 is 0 Å². The monoisotopic (exact) mass is 391 g/mol. The number of rotatable bonds is 8. The molecule has 27 heavy (non-hydrogen) atoms. The first-order chi connectivity index (χ1) is 12.9. The summed E-state index contributed by atoms with van der Waals surface area (Å²) >= 11 is 1.62. The summed E-state index contributed by atoms with van der Waals surface area (Å²) in [5.41, 5.74) is 2.06. The topological polar surface area (TPSA) is 71.9 Å². The third kappa shape index (κ3) is 6.48. The average Bonchev–Trinajstić information content (AvgIpc) is 3.11. The molecule has 0 aliphatic carbocycles. The third-order valence-electron chi connectivity index (χ3n) is 3.85. The second kappa shape index (κ2) is 10.2. The molecule has 0 fully saturated rings. The van der Waals surface area contributed by atoms with E-state index in [1.54, 1.807) is 25.5 Å². The quantitative estimate of drug-likeness (QED) is 0.550. The minimum absolute atomic E-state index is 0.0154. The van der Waals surface area contributed by atoms with Gasteiger partial charge in [-0.25, -0.2) is 9.97 Å². The van der Waals surface area contributed by atoms with Crippen LogP contribution in [0.4, 0.5) is 0 Å². The highest BCUT2D eigenvalue weighted by molar-refractivity contribution is 7.09. The largest absolute Gasteiger partial charge is 0.475 e. The van der Waals surface area contributed by atoms with Crippen molar-refractivity contribution in [2.75, 3.05) is 21.2 Å². The highest BCUT2D eigenvalue weighted by Crippen LogP contribution is 2.21. The molecule has 0 spiro atoms. The van der Waals surface area contributed by atoms with Crippen molar-refractivity contribution in [3.8, 4) is 5.88 Å². The Morgan fingerprint density at radius 3 is 2.70 bits per heavy atom. The predicted molar refractivity (Wildman–Crippen MR) is 109 cm³/mol. The molecule has 0 saturated carbocycles. The maximum Gasteiger partial charge on any atom is 0.213 e. The van der Waals surface area contributed by atoms with Gasteiger partial charge in [-0.1, -0.05) is 6.07 Å². The molecule has 0 radical (unpaired) electrons. The number of aromatic nitrogens is 2. The lowest BCUT2D eigenvalue weighted by molar-refractivity contribution is 0.119. The van der Waals surface area contributed by atoms with Crippen molar-refractivity contribution >= 4 is 17.3 Å². The number of hydrogen-bond donors (Lipinski definition) is 1. The van der Waals surface area contributed by atoms with Gasteiger partial charge in [0.1, 0.15) is 11.1 Å². The lowest BCUT2D eigenvalue weighted by Crippen LogP contribution is -2.38. The zero-order valence-electron chi connectivity index (χ0n) is 16.9. The molecule has 0 aromatic carbocycles. The Hall–Kier alpha value is -2.19. The molecule has 0 aliphatic rings. The first-order valence-electron chi connectivity index (χ1n) is 8.93. The molecule has 2 aromatic heterocycles. The van der Waals surface area contributed by atoms with Crippen molar-refractivity contribution in [1.29, 1.82) is 0 Å². The summed E-state index contributed by atoms with van der Waals surface area (Å²) in [5, 5.41) is 6.40. The zero-order chi connectivity index (χ0) is 19.8. The molecule has 0 bridgehead atoms. The fourth-order valence-electron chi connectivity index (χ4n) is 2.39. The van der Waals surface area contributed by atoms with E-state index in [4.69, 9.17) is 9.47 Å². The van der Waals surface area contributed by atoms with Gasteiger partial charge in [0.05, 0.1) is 18.3 Å². The van der Waals surface area contributed by atoms with Crippen LogP contribution in [0.5, 0.6) is 5.88 Å². The van der Waals surface area contributed by atoms with Crippen LogP contribution in [-0.4, -0.2) is 48.1 Å². The number of nitrogens with zero attached hydrogens (tertiary/aromatic N) is 4. The third-order valence-corrected chi connectivity index (χ3v) is 4.90. The minimum atomic E-state index is 0.0154. The maximum absolute atomic E-state index is 5.57. The van der Waals surface area contributed by atoms with Crippen molar-refractivity contribution in [3.63, 3.8) is 0 Å². The summed E-state index contributed by atoms with van der Waals surface area (Å²) in [6, 6.07) is 3.89. The van der Waals surface area contributed by atoms with Gasteiger partial charge in [-0.3, -0.25) is 4.99 Å². The molecular formula is C19H29N5O2S. The van der Waals surface area contributed by atoms with E-state index in [2.05, 4.69) is 25.7 Å². The molecule has 7 nitrogen and oxygen atoms in total. The normalized spacial score (nSPS) is 12.9. The summed E-state index contributed by atoms with van der Waals surface area (Å²) < 4.78 is 10.9. The van der Waals surface area contributed by atoms with Gasteiger partial charge in [0.15, 0.2) is 5.96 Å². The number of nitrogens with one attached hydrogen (secondary N) is 1. The maximum atomic E-state index is 5.57. The molecule has 8 heteroatoms. The molecule has 0 amide bonds. The highest BCUT2D eigenvalue weighted by Gasteiger charge is 2.12. The SMILES string of the molecule is CN=C(NCc1ccc(OC(C)C)nc1)N(C)Cc1csc(C(C)OC)n1.